The van der Waals surface area contributed by atoms with Gasteiger partial charge in [-0.3, -0.25) is 9.58 Å². The first-order valence-corrected chi connectivity index (χ1v) is 12.0. The number of piperazine rings is 1. The standard InChI is InChI=1S/C24H34F2N6O/c1-13(2)32-20(10-19(29-32)15-7-21(33-24(25)26)23(27)28-11-15)22-17-8-16(9-18(17)22)31-6-5-30(4)12-14(31)3/h7,10-11,13-14,16-18,22,24H,5-6,8-9,12H2,1-4H3,(H2,27,28)/t14-,16?,17?,18?,22?/m0/s1. The van der Waals surface area contributed by atoms with Gasteiger partial charge in [0.25, 0.3) is 0 Å². The van der Waals surface area contributed by atoms with E-state index in [1.165, 1.54) is 24.6 Å². The van der Waals surface area contributed by atoms with Crippen molar-refractivity contribution in [3.63, 3.8) is 0 Å². The molecule has 1 saturated heterocycles. The SMILES string of the molecule is CC(C)n1nc(-c2cnc(N)c(OC(F)F)c2)cc1C1C2CC(N3CCN(C)C[C@@H]3C)CC21. The van der Waals surface area contributed by atoms with Gasteiger partial charge in [0.15, 0.2) is 11.6 Å². The van der Waals surface area contributed by atoms with Crippen LogP contribution in [0.25, 0.3) is 11.3 Å². The van der Waals surface area contributed by atoms with Crippen LogP contribution in [0.4, 0.5) is 14.6 Å². The summed E-state index contributed by atoms with van der Waals surface area (Å²) in [5, 5.41) is 4.82. The molecule has 0 aromatic carbocycles. The second-order valence-electron chi connectivity index (χ2n) is 10.3. The van der Waals surface area contributed by atoms with Gasteiger partial charge in [-0.25, -0.2) is 4.98 Å². The zero-order valence-electron chi connectivity index (χ0n) is 19.8. The molecule has 7 nitrogen and oxygen atoms in total. The Morgan fingerprint density at radius 2 is 1.88 bits per heavy atom. The minimum atomic E-state index is -2.95. The van der Waals surface area contributed by atoms with Crippen LogP contribution >= 0.6 is 0 Å². The molecular weight excluding hydrogens is 426 g/mol. The highest BCUT2D eigenvalue weighted by Gasteiger charge is 2.59. The highest BCUT2D eigenvalue weighted by Crippen LogP contribution is 2.64. The number of hydrogen-bond donors (Lipinski definition) is 1. The monoisotopic (exact) mass is 460 g/mol. The third-order valence-corrected chi connectivity index (χ3v) is 7.76. The lowest BCUT2D eigenvalue weighted by Gasteiger charge is -2.42. The summed E-state index contributed by atoms with van der Waals surface area (Å²) in [5.41, 5.74) is 8.31. The minimum Gasteiger partial charge on any atom is -0.431 e. The lowest BCUT2D eigenvalue weighted by molar-refractivity contribution is -0.0494. The third kappa shape index (κ3) is 4.21. The number of anilines is 1. The predicted molar refractivity (Wildman–Crippen MR) is 123 cm³/mol. The van der Waals surface area contributed by atoms with Crippen molar-refractivity contribution in [3.8, 4) is 17.0 Å². The highest BCUT2D eigenvalue weighted by atomic mass is 19.3. The molecule has 5 rings (SSSR count). The molecule has 0 spiro atoms. The van der Waals surface area contributed by atoms with E-state index in [9.17, 15) is 8.78 Å². The van der Waals surface area contributed by atoms with Gasteiger partial charge in [-0.2, -0.15) is 13.9 Å². The molecule has 3 heterocycles. The summed E-state index contributed by atoms with van der Waals surface area (Å²) < 4.78 is 32.1. The summed E-state index contributed by atoms with van der Waals surface area (Å²) >= 11 is 0. The smallest absolute Gasteiger partial charge is 0.387 e. The van der Waals surface area contributed by atoms with Crippen LogP contribution in [0.15, 0.2) is 18.3 Å². The van der Waals surface area contributed by atoms with Crippen LogP contribution in [0.3, 0.4) is 0 Å². The van der Waals surface area contributed by atoms with Crippen LogP contribution in [-0.4, -0.2) is 69.9 Å². The summed E-state index contributed by atoms with van der Waals surface area (Å²) in [4.78, 5) is 9.19. The van der Waals surface area contributed by atoms with Crippen LogP contribution in [0, 0.1) is 11.8 Å². The van der Waals surface area contributed by atoms with Gasteiger partial charge in [0.2, 0.25) is 0 Å². The van der Waals surface area contributed by atoms with E-state index in [0.29, 0.717) is 35.4 Å². The largest absolute Gasteiger partial charge is 0.431 e. The van der Waals surface area contributed by atoms with E-state index in [1.807, 2.05) is 0 Å². The fourth-order valence-corrected chi connectivity index (χ4v) is 6.22. The number of likely N-dealkylation sites (N-methyl/N-ethyl adjacent to an activating group) is 1. The van der Waals surface area contributed by atoms with Gasteiger partial charge >= 0.3 is 6.61 Å². The molecule has 9 heteroatoms. The molecule has 3 atom stereocenters. The molecule has 2 aromatic heterocycles. The molecule has 0 amide bonds. The van der Waals surface area contributed by atoms with Crippen molar-refractivity contribution in [2.24, 2.45) is 11.8 Å². The van der Waals surface area contributed by atoms with E-state index in [2.05, 4.69) is 58.1 Å². The molecule has 3 fully saturated rings. The Morgan fingerprint density at radius 1 is 1.15 bits per heavy atom. The van der Waals surface area contributed by atoms with Crippen molar-refractivity contribution in [2.45, 2.75) is 64.3 Å². The van der Waals surface area contributed by atoms with Crippen LogP contribution in [0.2, 0.25) is 0 Å². The lowest BCUT2D eigenvalue weighted by Crippen LogP contribution is -2.54. The predicted octanol–water partition coefficient (Wildman–Crippen LogP) is 3.84. The van der Waals surface area contributed by atoms with E-state index >= 15 is 0 Å². The number of nitrogen functional groups attached to an aromatic ring is 1. The van der Waals surface area contributed by atoms with Gasteiger partial charge in [0.05, 0.1) is 5.69 Å². The van der Waals surface area contributed by atoms with Crippen LogP contribution < -0.4 is 10.5 Å². The number of pyridine rings is 1. The maximum atomic E-state index is 12.7. The molecule has 2 aliphatic carbocycles. The van der Waals surface area contributed by atoms with E-state index in [0.717, 1.165) is 25.3 Å². The van der Waals surface area contributed by atoms with Crippen molar-refractivity contribution in [2.75, 3.05) is 32.4 Å². The summed E-state index contributed by atoms with van der Waals surface area (Å²) in [6.07, 6.45) is 4.07. The van der Waals surface area contributed by atoms with Crippen LogP contribution in [0.1, 0.15) is 51.3 Å². The van der Waals surface area contributed by atoms with Crippen molar-refractivity contribution < 1.29 is 13.5 Å². The molecule has 2 N–H and O–H groups in total. The Balaban J connectivity index is 1.34. The molecule has 0 radical (unpaired) electrons. The van der Waals surface area contributed by atoms with Crippen molar-refractivity contribution in [3.05, 3.63) is 24.0 Å². The Hall–Kier alpha value is -2.26. The molecule has 2 aromatic rings. The van der Waals surface area contributed by atoms with Crippen molar-refractivity contribution in [1.82, 2.24) is 24.6 Å². The number of nitrogens with two attached hydrogens (primary N) is 1. The summed E-state index contributed by atoms with van der Waals surface area (Å²) in [5.74, 6) is 1.75. The number of alkyl halides is 2. The second kappa shape index (κ2) is 8.51. The minimum absolute atomic E-state index is 0.0523. The summed E-state index contributed by atoms with van der Waals surface area (Å²) in [6, 6.07) is 5.12. The Labute approximate surface area is 193 Å². The van der Waals surface area contributed by atoms with Gasteiger partial charge in [-0.15, -0.1) is 0 Å². The molecule has 1 aliphatic heterocycles. The maximum absolute atomic E-state index is 12.7. The average Bonchev–Trinajstić information content (AvgIpc) is 3.09. The molecular formula is C24H34F2N6O. The molecule has 33 heavy (non-hydrogen) atoms. The first-order valence-electron chi connectivity index (χ1n) is 12.0. The number of halogens is 2. The van der Waals surface area contributed by atoms with Gasteiger partial charge < -0.3 is 15.4 Å². The number of rotatable bonds is 6. The normalized spacial score (nSPS) is 30.2. The van der Waals surface area contributed by atoms with E-state index < -0.39 is 6.61 Å². The molecule has 2 unspecified atom stereocenters. The fourth-order valence-electron chi connectivity index (χ4n) is 6.22. The van der Waals surface area contributed by atoms with Gasteiger partial charge in [-0.05, 0) is 64.6 Å². The Bertz CT molecular complexity index is 999. The average molecular weight is 461 g/mol. The molecule has 3 aliphatic rings. The number of nitrogens with zero attached hydrogens (tertiary/aromatic N) is 5. The van der Waals surface area contributed by atoms with Crippen molar-refractivity contribution in [1.29, 1.82) is 0 Å². The Morgan fingerprint density at radius 3 is 2.52 bits per heavy atom. The zero-order valence-corrected chi connectivity index (χ0v) is 19.8. The second-order valence-corrected chi connectivity index (χ2v) is 10.3. The van der Waals surface area contributed by atoms with Gasteiger partial charge in [0, 0.05) is 61.1 Å². The number of fused-ring (bicyclic) bond motifs is 1. The lowest BCUT2D eigenvalue weighted by atomic mass is 10.00. The van der Waals surface area contributed by atoms with Gasteiger partial charge in [0.1, 0.15) is 0 Å². The number of aromatic nitrogens is 3. The van der Waals surface area contributed by atoms with Crippen LogP contribution in [0.5, 0.6) is 5.75 Å². The maximum Gasteiger partial charge on any atom is 0.387 e. The van der Waals surface area contributed by atoms with E-state index in [4.69, 9.17) is 10.8 Å². The fraction of sp³-hybridized carbons (Fsp3) is 0.667. The molecule has 180 valence electrons. The summed E-state index contributed by atoms with van der Waals surface area (Å²) in [7, 11) is 2.21. The van der Waals surface area contributed by atoms with E-state index in [1.54, 1.807) is 6.20 Å². The first-order chi connectivity index (χ1) is 15.7. The molecule has 2 saturated carbocycles. The Kier molecular flexibility index (Phi) is 5.81. The highest BCUT2D eigenvalue weighted by molar-refractivity contribution is 5.64. The molecule has 0 bridgehead atoms. The number of hydrogen-bond acceptors (Lipinski definition) is 6. The van der Waals surface area contributed by atoms with Crippen molar-refractivity contribution >= 4 is 5.82 Å². The van der Waals surface area contributed by atoms with Gasteiger partial charge in [-0.1, -0.05) is 0 Å². The quantitative estimate of drug-likeness (QED) is 0.706. The van der Waals surface area contributed by atoms with Crippen LogP contribution in [-0.2, 0) is 0 Å². The summed E-state index contributed by atoms with van der Waals surface area (Å²) in [6.45, 7) is 7.11. The van der Waals surface area contributed by atoms with E-state index in [-0.39, 0.29) is 17.6 Å². The number of ether oxygens (including phenoxy) is 1. The zero-order chi connectivity index (χ0) is 23.4. The third-order valence-electron chi connectivity index (χ3n) is 7.76. The topological polar surface area (TPSA) is 72.4 Å². The first kappa shape index (κ1) is 22.5.